The van der Waals surface area contributed by atoms with Gasteiger partial charge >= 0.3 is 0 Å². The molecule has 34 heavy (non-hydrogen) atoms. The molecule has 0 amide bonds. The summed E-state index contributed by atoms with van der Waals surface area (Å²) in [5.74, 6) is 1.85. The van der Waals surface area contributed by atoms with Crippen molar-refractivity contribution < 1.29 is 0 Å². The van der Waals surface area contributed by atoms with Gasteiger partial charge in [0, 0.05) is 73.0 Å². The maximum atomic E-state index is 5.24. The molecule has 2 fully saturated rings. The first-order chi connectivity index (χ1) is 16.8. The van der Waals surface area contributed by atoms with Crippen molar-refractivity contribution >= 4 is 22.5 Å². The van der Waals surface area contributed by atoms with Gasteiger partial charge in [-0.1, -0.05) is 12.1 Å². The van der Waals surface area contributed by atoms with Gasteiger partial charge in [0.1, 0.15) is 17.3 Å². The zero-order chi connectivity index (χ0) is 22.9. The highest BCUT2D eigenvalue weighted by Gasteiger charge is 2.23. The fraction of sp³-hybridized carbons (Fsp3) is 0.370. The topological polar surface area (TPSA) is 62.1 Å². The van der Waals surface area contributed by atoms with E-state index in [4.69, 9.17) is 4.98 Å². The van der Waals surface area contributed by atoms with E-state index in [1.807, 2.05) is 31.5 Å². The third kappa shape index (κ3) is 4.01. The van der Waals surface area contributed by atoms with Crippen molar-refractivity contribution in [1.82, 2.24) is 24.8 Å². The third-order valence-corrected chi connectivity index (χ3v) is 7.13. The van der Waals surface area contributed by atoms with Crippen molar-refractivity contribution in [3.8, 4) is 11.1 Å². The fourth-order valence-corrected chi connectivity index (χ4v) is 5.20. The van der Waals surface area contributed by atoms with Crippen LogP contribution in [0.2, 0.25) is 0 Å². The molecule has 1 N–H and O–H groups in total. The predicted molar refractivity (Wildman–Crippen MR) is 136 cm³/mol. The highest BCUT2D eigenvalue weighted by Crippen LogP contribution is 2.35. The maximum absolute atomic E-state index is 5.24. The summed E-state index contributed by atoms with van der Waals surface area (Å²) in [5, 5.41) is 4.66. The number of nitrogens with one attached hydrogen (secondary N) is 1. The van der Waals surface area contributed by atoms with Gasteiger partial charge in [0.15, 0.2) is 0 Å². The largest absolute Gasteiger partial charge is 0.368 e. The van der Waals surface area contributed by atoms with E-state index in [2.05, 4.69) is 66.2 Å². The van der Waals surface area contributed by atoms with Gasteiger partial charge in [-0.15, -0.1) is 0 Å². The van der Waals surface area contributed by atoms with Crippen LogP contribution in [0.25, 0.3) is 22.2 Å². The molecular formula is C27H30N7. The van der Waals surface area contributed by atoms with E-state index in [0.29, 0.717) is 6.04 Å². The van der Waals surface area contributed by atoms with Gasteiger partial charge < -0.3 is 19.7 Å². The molecule has 2 aliphatic rings. The average Bonchev–Trinajstić information content (AvgIpc) is 3.29. The van der Waals surface area contributed by atoms with Crippen molar-refractivity contribution in [2.24, 2.45) is 0 Å². The zero-order valence-electron chi connectivity index (χ0n) is 19.6. The Bertz CT molecular complexity index is 1250. The van der Waals surface area contributed by atoms with Crippen molar-refractivity contribution in [3.05, 3.63) is 66.9 Å². The molecule has 1 radical (unpaired) electrons. The minimum absolute atomic E-state index is 0.457. The molecule has 5 heterocycles. The molecule has 6 rings (SSSR count). The number of piperidine rings is 1. The second-order valence-electron chi connectivity index (χ2n) is 9.22. The molecule has 0 spiro atoms. The molecule has 173 valence electrons. The molecule has 3 aromatic heterocycles. The normalized spacial score (nSPS) is 17.4. The first kappa shape index (κ1) is 21.1. The first-order valence-electron chi connectivity index (χ1n) is 12.2. The van der Waals surface area contributed by atoms with E-state index in [1.54, 1.807) is 0 Å². The number of piperazine rings is 1. The van der Waals surface area contributed by atoms with E-state index >= 15 is 0 Å². The monoisotopic (exact) mass is 452 g/mol. The number of pyridine rings is 1. The van der Waals surface area contributed by atoms with Crippen LogP contribution in [0.5, 0.6) is 0 Å². The molecule has 4 aromatic rings. The van der Waals surface area contributed by atoms with E-state index in [0.717, 1.165) is 75.0 Å². The summed E-state index contributed by atoms with van der Waals surface area (Å²) in [6.07, 6.45) is 8.37. The van der Waals surface area contributed by atoms with Gasteiger partial charge in [0.25, 0.3) is 0 Å². The minimum Gasteiger partial charge on any atom is -0.368 e. The molecule has 0 unspecified atom stereocenters. The quantitative estimate of drug-likeness (QED) is 0.508. The molecule has 0 saturated carbocycles. The SMILES string of the molecule is Cc1ncc(-c2cn(C3CCNCC3)c3nc(N4CCN(c5cc[c]cc5)CC4)ccc23)cn1. The molecule has 0 aliphatic carbocycles. The Balaban J connectivity index is 1.33. The highest BCUT2D eigenvalue weighted by molar-refractivity contribution is 5.94. The summed E-state index contributed by atoms with van der Waals surface area (Å²) >= 11 is 0. The van der Waals surface area contributed by atoms with Crippen LogP contribution in [0.15, 0.2) is 55.0 Å². The summed E-state index contributed by atoms with van der Waals surface area (Å²) in [7, 11) is 0. The summed E-state index contributed by atoms with van der Waals surface area (Å²) in [6.45, 7) is 7.92. The van der Waals surface area contributed by atoms with Crippen LogP contribution < -0.4 is 15.1 Å². The molecule has 0 bridgehead atoms. The van der Waals surface area contributed by atoms with Crippen molar-refractivity contribution in [2.75, 3.05) is 49.1 Å². The molecule has 0 atom stereocenters. The third-order valence-electron chi connectivity index (χ3n) is 7.13. The van der Waals surface area contributed by atoms with Crippen LogP contribution in [0.3, 0.4) is 0 Å². The van der Waals surface area contributed by atoms with Gasteiger partial charge in [-0.05, 0) is 63.2 Å². The molecule has 2 saturated heterocycles. The Morgan fingerprint density at radius 2 is 1.62 bits per heavy atom. The molecule has 7 nitrogen and oxygen atoms in total. The van der Waals surface area contributed by atoms with Gasteiger partial charge in [-0.3, -0.25) is 0 Å². The Morgan fingerprint density at radius 1 is 0.912 bits per heavy atom. The molecule has 7 heteroatoms. The lowest BCUT2D eigenvalue weighted by atomic mass is 10.1. The number of nitrogens with zero attached hydrogens (tertiary/aromatic N) is 6. The number of anilines is 2. The van der Waals surface area contributed by atoms with Crippen LogP contribution in [-0.4, -0.2) is 58.8 Å². The van der Waals surface area contributed by atoms with Crippen molar-refractivity contribution in [2.45, 2.75) is 25.8 Å². The maximum Gasteiger partial charge on any atom is 0.143 e. The highest BCUT2D eigenvalue weighted by atomic mass is 15.3. The predicted octanol–water partition coefficient (Wildman–Crippen LogP) is 3.85. The van der Waals surface area contributed by atoms with Crippen LogP contribution >= 0.6 is 0 Å². The Kier molecular flexibility index (Phi) is 5.63. The Morgan fingerprint density at radius 3 is 2.35 bits per heavy atom. The standard InChI is InChI=1S/C27H30N7/c1-20-29-17-21(18-30-20)25-19-34(23-9-11-28-12-10-23)27-24(25)7-8-26(31-27)33-15-13-32(14-16-33)22-5-3-2-4-6-22/h3-8,17-19,23,28H,9-16H2,1H3. The van der Waals surface area contributed by atoms with E-state index in [-0.39, 0.29) is 0 Å². The molecule has 1 aromatic carbocycles. The number of benzene rings is 1. The number of hydrogen-bond acceptors (Lipinski definition) is 6. The Hall–Kier alpha value is -3.45. The van der Waals surface area contributed by atoms with Gasteiger partial charge in [-0.25, -0.2) is 15.0 Å². The zero-order valence-corrected chi connectivity index (χ0v) is 19.6. The van der Waals surface area contributed by atoms with Gasteiger partial charge in [0.05, 0.1) is 0 Å². The smallest absolute Gasteiger partial charge is 0.143 e. The second-order valence-corrected chi connectivity index (χ2v) is 9.22. The number of fused-ring (bicyclic) bond motifs is 1. The van der Waals surface area contributed by atoms with Crippen molar-refractivity contribution in [1.29, 1.82) is 0 Å². The summed E-state index contributed by atoms with van der Waals surface area (Å²) in [5.41, 5.74) is 4.55. The van der Waals surface area contributed by atoms with Crippen LogP contribution in [-0.2, 0) is 0 Å². The molecule has 2 aliphatic heterocycles. The number of rotatable bonds is 4. The summed E-state index contributed by atoms with van der Waals surface area (Å²) in [4.78, 5) is 19.0. The van der Waals surface area contributed by atoms with Gasteiger partial charge in [0.2, 0.25) is 0 Å². The summed E-state index contributed by atoms with van der Waals surface area (Å²) in [6, 6.07) is 16.2. The van der Waals surface area contributed by atoms with Crippen LogP contribution in [0.1, 0.15) is 24.7 Å². The summed E-state index contributed by atoms with van der Waals surface area (Å²) < 4.78 is 2.41. The lowest BCUT2D eigenvalue weighted by Gasteiger charge is -2.36. The molecular weight excluding hydrogens is 422 g/mol. The van der Waals surface area contributed by atoms with E-state index in [1.165, 1.54) is 16.6 Å². The van der Waals surface area contributed by atoms with Crippen LogP contribution in [0.4, 0.5) is 11.5 Å². The van der Waals surface area contributed by atoms with E-state index in [9.17, 15) is 0 Å². The first-order valence-corrected chi connectivity index (χ1v) is 12.2. The number of aryl methyl sites for hydroxylation is 1. The van der Waals surface area contributed by atoms with Crippen molar-refractivity contribution in [3.63, 3.8) is 0 Å². The lowest BCUT2D eigenvalue weighted by Crippen LogP contribution is -2.46. The number of hydrogen-bond donors (Lipinski definition) is 1. The van der Waals surface area contributed by atoms with Gasteiger partial charge in [-0.2, -0.15) is 0 Å². The lowest BCUT2D eigenvalue weighted by molar-refractivity contribution is 0.375. The average molecular weight is 453 g/mol. The minimum atomic E-state index is 0.457. The number of aromatic nitrogens is 4. The fourth-order valence-electron chi connectivity index (χ4n) is 5.20. The van der Waals surface area contributed by atoms with E-state index < -0.39 is 0 Å². The Labute approximate surface area is 200 Å². The second kappa shape index (κ2) is 9.06. The van der Waals surface area contributed by atoms with Crippen LogP contribution in [0, 0.1) is 13.0 Å².